The molecule has 2 aliphatic heterocycles. The minimum absolute atomic E-state index is 0.0305. The summed E-state index contributed by atoms with van der Waals surface area (Å²) in [6.07, 6.45) is -0.401. The minimum Gasteiger partial charge on any atom is -0.507 e. The standard InChI is InChI=1S/C26H20N4O10S4/c31-15-9-11(1-3-13(15)23(37)38)27-17(33)5-7-29-21(35)19(43-25(29)41)20-22(36)30(26(42)44-20)8-6-18(34)28-12-2-4-14(24(39)40)16(32)10-12/h1-4,9-10,31-32H,5-8H2,(H,27,33)(H,28,34)(H,37,38)(H,39,40)/b20-19+. The Kier molecular flexibility index (Phi) is 9.88. The van der Waals surface area contributed by atoms with Gasteiger partial charge in [0, 0.05) is 49.4 Å². The molecule has 0 saturated carbocycles. The summed E-state index contributed by atoms with van der Waals surface area (Å²) < 4.78 is 0.228. The van der Waals surface area contributed by atoms with Crippen molar-refractivity contribution in [3.8, 4) is 11.5 Å². The summed E-state index contributed by atoms with van der Waals surface area (Å²) in [5.41, 5.74) is -0.371. The van der Waals surface area contributed by atoms with E-state index in [-0.39, 0.29) is 66.9 Å². The number of anilines is 2. The van der Waals surface area contributed by atoms with Gasteiger partial charge in [0.1, 0.15) is 31.3 Å². The Morgan fingerprint density at radius 3 is 1.36 bits per heavy atom. The minimum atomic E-state index is -1.33. The third-order valence-electron chi connectivity index (χ3n) is 6.05. The molecule has 0 atom stereocenters. The molecule has 2 aliphatic rings. The van der Waals surface area contributed by atoms with Crippen molar-refractivity contribution in [1.82, 2.24) is 9.80 Å². The van der Waals surface area contributed by atoms with Crippen molar-refractivity contribution in [3.05, 3.63) is 57.3 Å². The van der Waals surface area contributed by atoms with E-state index < -0.39 is 47.1 Å². The number of aromatic hydroxyl groups is 2. The van der Waals surface area contributed by atoms with Crippen LogP contribution in [0.4, 0.5) is 11.4 Å². The van der Waals surface area contributed by atoms with Crippen LogP contribution in [0.25, 0.3) is 0 Å². The zero-order chi connectivity index (χ0) is 32.3. The summed E-state index contributed by atoms with van der Waals surface area (Å²) in [6, 6.07) is 7.02. The van der Waals surface area contributed by atoms with Crippen molar-refractivity contribution in [2.45, 2.75) is 12.8 Å². The van der Waals surface area contributed by atoms with E-state index in [4.69, 9.17) is 34.6 Å². The number of aromatic carboxylic acids is 2. The number of carboxylic acids is 2. The third kappa shape index (κ3) is 7.16. The molecule has 2 fully saturated rings. The molecule has 44 heavy (non-hydrogen) atoms. The number of amides is 4. The first-order valence-electron chi connectivity index (χ1n) is 12.3. The number of nitrogens with one attached hydrogen (secondary N) is 2. The molecule has 18 heteroatoms. The fraction of sp³-hybridized carbons (Fsp3) is 0.154. The second-order valence-corrected chi connectivity index (χ2v) is 12.3. The monoisotopic (exact) mass is 676 g/mol. The first-order chi connectivity index (χ1) is 20.8. The second-order valence-electron chi connectivity index (χ2n) is 8.98. The van der Waals surface area contributed by atoms with Crippen LogP contribution in [0.5, 0.6) is 11.5 Å². The summed E-state index contributed by atoms with van der Waals surface area (Å²) in [4.78, 5) is 75.6. The molecule has 2 aromatic carbocycles. The highest BCUT2D eigenvalue weighted by molar-refractivity contribution is 8.29. The van der Waals surface area contributed by atoms with Gasteiger partial charge in [0.25, 0.3) is 11.8 Å². The van der Waals surface area contributed by atoms with Gasteiger partial charge in [-0.25, -0.2) is 9.59 Å². The number of thiocarbonyl (C=S) groups is 2. The summed E-state index contributed by atoms with van der Waals surface area (Å²) in [6.45, 7) is -0.245. The van der Waals surface area contributed by atoms with Gasteiger partial charge in [-0.3, -0.25) is 29.0 Å². The zero-order valence-corrected chi connectivity index (χ0v) is 25.3. The number of rotatable bonds is 10. The normalized spacial score (nSPS) is 16.5. The van der Waals surface area contributed by atoms with E-state index in [1.807, 2.05) is 0 Å². The molecule has 6 N–H and O–H groups in total. The molecule has 0 radical (unpaired) electrons. The highest BCUT2D eigenvalue weighted by Crippen LogP contribution is 2.42. The van der Waals surface area contributed by atoms with E-state index in [9.17, 15) is 39.0 Å². The maximum absolute atomic E-state index is 13.1. The van der Waals surface area contributed by atoms with Crippen LogP contribution in [0.3, 0.4) is 0 Å². The summed E-state index contributed by atoms with van der Waals surface area (Å²) >= 11 is 12.3. The van der Waals surface area contributed by atoms with E-state index >= 15 is 0 Å². The van der Waals surface area contributed by atoms with Crippen molar-refractivity contribution in [2.24, 2.45) is 0 Å². The Labute approximate surface area is 267 Å². The smallest absolute Gasteiger partial charge is 0.339 e. The molecule has 0 aliphatic carbocycles. The molecule has 0 spiro atoms. The maximum atomic E-state index is 13.1. The number of phenols is 2. The molecule has 228 valence electrons. The van der Waals surface area contributed by atoms with Gasteiger partial charge in [-0.15, -0.1) is 0 Å². The van der Waals surface area contributed by atoms with Gasteiger partial charge < -0.3 is 31.1 Å². The Morgan fingerprint density at radius 1 is 0.682 bits per heavy atom. The molecule has 0 unspecified atom stereocenters. The molecule has 4 rings (SSSR count). The highest BCUT2D eigenvalue weighted by atomic mass is 32.2. The highest BCUT2D eigenvalue weighted by Gasteiger charge is 2.42. The molecule has 2 saturated heterocycles. The van der Waals surface area contributed by atoms with Crippen LogP contribution in [0.15, 0.2) is 46.2 Å². The molecule has 0 aromatic heterocycles. The Balaban J connectivity index is 1.33. The quantitative estimate of drug-likeness (QED) is 0.158. The third-order valence-corrected chi connectivity index (χ3v) is 9.08. The van der Waals surface area contributed by atoms with Gasteiger partial charge in [-0.1, -0.05) is 48.0 Å². The number of benzene rings is 2. The number of nitrogens with zero attached hydrogens (tertiary/aromatic N) is 2. The number of carbonyl (C=O) groups is 6. The van der Waals surface area contributed by atoms with Gasteiger partial charge in [-0.2, -0.15) is 0 Å². The molecule has 4 amide bonds. The van der Waals surface area contributed by atoms with E-state index in [1.54, 1.807) is 0 Å². The van der Waals surface area contributed by atoms with Crippen LogP contribution in [-0.4, -0.2) is 87.5 Å². The van der Waals surface area contributed by atoms with E-state index in [2.05, 4.69) is 10.6 Å². The Morgan fingerprint density at radius 2 is 1.05 bits per heavy atom. The van der Waals surface area contributed by atoms with Crippen molar-refractivity contribution >= 4 is 104 Å². The topological polar surface area (TPSA) is 214 Å². The van der Waals surface area contributed by atoms with E-state index in [0.29, 0.717) is 0 Å². The van der Waals surface area contributed by atoms with Crippen LogP contribution in [0.2, 0.25) is 0 Å². The lowest BCUT2D eigenvalue weighted by Gasteiger charge is -2.15. The molecule has 14 nitrogen and oxygen atoms in total. The van der Waals surface area contributed by atoms with E-state index in [0.717, 1.165) is 57.6 Å². The first-order valence-corrected chi connectivity index (χ1v) is 14.8. The molecular weight excluding hydrogens is 657 g/mol. The molecule has 2 aromatic rings. The molecule has 2 heterocycles. The molecular formula is C26H20N4O10S4. The Hall–Kier alpha value is -4.52. The van der Waals surface area contributed by atoms with Gasteiger partial charge in [-0.05, 0) is 24.3 Å². The average Bonchev–Trinajstić information content (AvgIpc) is 3.38. The number of carbonyl (C=O) groups excluding carboxylic acids is 4. The van der Waals surface area contributed by atoms with Crippen LogP contribution in [-0.2, 0) is 19.2 Å². The predicted molar refractivity (Wildman–Crippen MR) is 167 cm³/mol. The SMILES string of the molecule is O=C(CCN1C(=O)/C(=C2\SC(=S)N(CCC(=O)Nc3ccc(C(=O)O)c(O)c3)C2=O)SC1=S)Nc1ccc(C(=O)O)c(O)c1. The summed E-state index contributed by atoms with van der Waals surface area (Å²) in [7, 11) is 0. The lowest BCUT2D eigenvalue weighted by atomic mass is 10.2. The lowest BCUT2D eigenvalue weighted by Crippen LogP contribution is -2.33. The number of thioether (sulfide) groups is 2. The fourth-order valence-corrected chi connectivity index (χ4v) is 6.68. The van der Waals surface area contributed by atoms with Crippen LogP contribution in [0, 0.1) is 0 Å². The van der Waals surface area contributed by atoms with Crippen LogP contribution in [0.1, 0.15) is 33.6 Å². The van der Waals surface area contributed by atoms with E-state index in [1.165, 1.54) is 12.1 Å². The lowest BCUT2D eigenvalue weighted by molar-refractivity contribution is -0.125. The van der Waals surface area contributed by atoms with Crippen molar-refractivity contribution in [2.75, 3.05) is 23.7 Å². The average molecular weight is 677 g/mol. The summed E-state index contributed by atoms with van der Waals surface area (Å²) in [5, 5.41) is 42.6. The predicted octanol–water partition coefficient (Wildman–Crippen LogP) is 2.78. The Bertz CT molecular complexity index is 1570. The first kappa shape index (κ1) is 32.4. The van der Waals surface area contributed by atoms with Crippen molar-refractivity contribution in [1.29, 1.82) is 0 Å². The molecule has 0 bridgehead atoms. The number of carboxylic acid groups (broad SMARTS) is 2. The van der Waals surface area contributed by atoms with Crippen LogP contribution >= 0.6 is 48.0 Å². The van der Waals surface area contributed by atoms with Crippen molar-refractivity contribution < 1.29 is 49.2 Å². The fourth-order valence-electron chi connectivity index (χ4n) is 3.91. The van der Waals surface area contributed by atoms with Gasteiger partial charge in [0.05, 0.1) is 9.81 Å². The maximum Gasteiger partial charge on any atom is 0.339 e. The largest absolute Gasteiger partial charge is 0.507 e. The van der Waals surface area contributed by atoms with Gasteiger partial charge >= 0.3 is 11.9 Å². The van der Waals surface area contributed by atoms with Gasteiger partial charge in [0.2, 0.25) is 11.8 Å². The van der Waals surface area contributed by atoms with Crippen molar-refractivity contribution in [3.63, 3.8) is 0 Å². The van der Waals surface area contributed by atoms with Gasteiger partial charge in [0.15, 0.2) is 0 Å². The number of hydrogen-bond acceptors (Lipinski definition) is 12. The summed E-state index contributed by atoms with van der Waals surface area (Å²) in [5.74, 6) is -6.01. The zero-order valence-electron chi connectivity index (χ0n) is 22.1. The second kappa shape index (κ2) is 13.4. The number of hydrogen-bond donors (Lipinski definition) is 6. The van der Waals surface area contributed by atoms with Crippen LogP contribution < -0.4 is 10.6 Å².